The van der Waals surface area contributed by atoms with Gasteiger partial charge in [0.1, 0.15) is 0 Å². The van der Waals surface area contributed by atoms with E-state index in [-0.39, 0.29) is 0 Å². The second-order valence-corrected chi connectivity index (χ2v) is 9.22. The highest BCUT2D eigenvalue weighted by atomic mass is 15.1. The van der Waals surface area contributed by atoms with Gasteiger partial charge in [0.2, 0.25) is 0 Å². The van der Waals surface area contributed by atoms with E-state index < -0.39 is 0 Å². The molecule has 1 heteroatoms. The highest BCUT2D eigenvalue weighted by molar-refractivity contribution is 6.11. The molecule has 0 fully saturated rings. The van der Waals surface area contributed by atoms with Gasteiger partial charge in [-0.25, -0.2) is 0 Å². The standard InChI is InChI=1S/C34H27N/c1-24-17-20-28(21-18-24)35(29-13-7-9-25(2)23-29)33-22-19-27-11-4-6-15-31(27)34(33)32-16-8-12-26-10-3-5-14-30(26)32/h3-23H,1-2H3. The van der Waals surface area contributed by atoms with Crippen molar-refractivity contribution in [1.82, 2.24) is 0 Å². The van der Waals surface area contributed by atoms with Crippen LogP contribution in [0.15, 0.2) is 127 Å². The van der Waals surface area contributed by atoms with Crippen molar-refractivity contribution in [3.63, 3.8) is 0 Å². The molecule has 0 bridgehead atoms. The zero-order valence-electron chi connectivity index (χ0n) is 20.1. The summed E-state index contributed by atoms with van der Waals surface area (Å²) in [6.07, 6.45) is 0. The summed E-state index contributed by atoms with van der Waals surface area (Å²) in [5, 5.41) is 5.01. The van der Waals surface area contributed by atoms with Gasteiger partial charge in [-0.15, -0.1) is 0 Å². The van der Waals surface area contributed by atoms with E-state index in [4.69, 9.17) is 0 Å². The van der Waals surface area contributed by atoms with Crippen LogP contribution in [-0.4, -0.2) is 0 Å². The van der Waals surface area contributed by atoms with Crippen molar-refractivity contribution < 1.29 is 0 Å². The Balaban J connectivity index is 1.73. The second-order valence-electron chi connectivity index (χ2n) is 9.22. The highest BCUT2D eigenvalue weighted by Crippen LogP contribution is 2.46. The number of hydrogen-bond acceptors (Lipinski definition) is 1. The SMILES string of the molecule is Cc1ccc(N(c2cccc(C)c2)c2ccc3ccccc3c2-c2cccc3ccccc23)cc1. The molecule has 0 aliphatic carbocycles. The van der Waals surface area contributed by atoms with Crippen molar-refractivity contribution in [3.05, 3.63) is 139 Å². The molecule has 0 aromatic heterocycles. The Hall–Kier alpha value is -4.36. The first-order valence-corrected chi connectivity index (χ1v) is 12.1. The third-order valence-corrected chi connectivity index (χ3v) is 6.76. The fraction of sp³-hybridized carbons (Fsp3) is 0.0588. The van der Waals surface area contributed by atoms with Gasteiger partial charge in [-0.3, -0.25) is 0 Å². The number of benzene rings is 6. The van der Waals surface area contributed by atoms with Crippen LogP contribution in [0.3, 0.4) is 0 Å². The molecule has 0 atom stereocenters. The maximum Gasteiger partial charge on any atom is 0.0546 e. The summed E-state index contributed by atoms with van der Waals surface area (Å²) >= 11 is 0. The summed E-state index contributed by atoms with van der Waals surface area (Å²) in [4.78, 5) is 2.40. The molecule has 0 aliphatic heterocycles. The number of anilines is 3. The zero-order chi connectivity index (χ0) is 23.8. The van der Waals surface area contributed by atoms with E-state index in [0.717, 1.165) is 11.4 Å². The van der Waals surface area contributed by atoms with Gasteiger partial charge in [0.25, 0.3) is 0 Å². The predicted octanol–water partition coefficient (Wildman–Crippen LogP) is 9.75. The van der Waals surface area contributed by atoms with Crippen LogP contribution in [-0.2, 0) is 0 Å². The van der Waals surface area contributed by atoms with Crippen LogP contribution in [0, 0.1) is 13.8 Å². The summed E-state index contributed by atoms with van der Waals surface area (Å²) in [5.41, 5.74) is 8.48. The van der Waals surface area contributed by atoms with E-state index >= 15 is 0 Å². The van der Waals surface area contributed by atoms with Crippen molar-refractivity contribution in [2.24, 2.45) is 0 Å². The summed E-state index contributed by atoms with van der Waals surface area (Å²) in [6, 6.07) is 46.1. The monoisotopic (exact) mass is 449 g/mol. The Kier molecular flexibility index (Phi) is 5.31. The lowest BCUT2D eigenvalue weighted by atomic mass is 9.91. The second kappa shape index (κ2) is 8.77. The van der Waals surface area contributed by atoms with Crippen LogP contribution in [0.25, 0.3) is 32.7 Å². The number of aryl methyl sites for hydroxylation is 2. The Morgan fingerprint density at radius 2 is 1.11 bits per heavy atom. The number of rotatable bonds is 4. The van der Waals surface area contributed by atoms with Gasteiger partial charge < -0.3 is 4.90 Å². The molecule has 0 N–H and O–H groups in total. The quantitative estimate of drug-likeness (QED) is 0.259. The lowest BCUT2D eigenvalue weighted by Crippen LogP contribution is -2.11. The molecular formula is C34H27N. The largest absolute Gasteiger partial charge is 0.310 e. The third kappa shape index (κ3) is 3.86. The van der Waals surface area contributed by atoms with Gasteiger partial charge in [0.05, 0.1) is 5.69 Å². The summed E-state index contributed by atoms with van der Waals surface area (Å²) in [6.45, 7) is 4.29. The Morgan fingerprint density at radius 3 is 1.89 bits per heavy atom. The number of nitrogens with zero attached hydrogens (tertiary/aromatic N) is 1. The van der Waals surface area contributed by atoms with E-state index in [0.29, 0.717) is 0 Å². The van der Waals surface area contributed by atoms with E-state index in [2.05, 4.69) is 146 Å². The first-order valence-electron chi connectivity index (χ1n) is 12.1. The van der Waals surface area contributed by atoms with Gasteiger partial charge in [-0.05, 0) is 76.9 Å². The molecule has 0 radical (unpaired) electrons. The first-order chi connectivity index (χ1) is 17.2. The first kappa shape index (κ1) is 21.2. The van der Waals surface area contributed by atoms with Crippen LogP contribution < -0.4 is 4.90 Å². The lowest BCUT2D eigenvalue weighted by Gasteiger charge is -2.29. The molecule has 168 valence electrons. The van der Waals surface area contributed by atoms with Crippen molar-refractivity contribution in [2.75, 3.05) is 4.90 Å². The Bertz CT molecular complexity index is 1660. The molecule has 0 spiro atoms. The van der Waals surface area contributed by atoms with Gasteiger partial charge in [-0.2, -0.15) is 0 Å². The molecule has 0 unspecified atom stereocenters. The van der Waals surface area contributed by atoms with Crippen molar-refractivity contribution >= 4 is 38.6 Å². The van der Waals surface area contributed by atoms with Crippen molar-refractivity contribution in [2.45, 2.75) is 13.8 Å². The Morgan fingerprint density at radius 1 is 0.457 bits per heavy atom. The summed E-state index contributed by atoms with van der Waals surface area (Å²) in [5.74, 6) is 0. The van der Waals surface area contributed by atoms with Crippen molar-refractivity contribution in [3.8, 4) is 11.1 Å². The molecule has 35 heavy (non-hydrogen) atoms. The van der Waals surface area contributed by atoms with E-state index in [1.54, 1.807) is 0 Å². The zero-order valence-corrected chi connectivity index (χ0v) is 20.1. The molecule has 0 aliphatic rings. The van der Waals surface area contributed by atoms with Gasteiger partial charge in [0, 0.05) is 16.9 Å². The average Bonchev–Trinajstić information content (AvgIpc) is 2.90. The normalized spacial score (nSPS) is 11.1. The highest BCUT2D eigenvalue weighted by Gasteiger charge is 2.20. The molecule has 0 amide bonds. The average molecular weight is 450 g/mol. The van der Waals surface area contributed by atoms with Crippen LogP contribution in [0.5, 0.6) is 0 Å². The van der Waals surface area contributed by atoms with E-state index in [9.17, 15) is 0 Å². The molecular weight excluding hydrogens is 422 g/mol. The minimum atomic E-state index is 1.15. The number of hydrogen-bond donors (Lipinski definition) is 0. The van der Waals surface area contributed by atoms with E-state index in [1.807, 2.05) is 0 Å². The minimum absolute atomic E-state index is 1.15. The van der Waals surface area contributed by atoms with Gasteiger partial charge in [-0.1, -0.05) is 103 Å². The van der Waals surface area contributed by atoms with Gasteiger partial charge >= 0.3 is 0 Å². The molecule has 0 heterocycles. The maximum absolute atomic E-state index is 2.40. The maximum atomic E-state index is 2.40. The third-order valence-electron chi connectivity index (χ3n) is 6.76. The van der Waals surface area contributed by atoms with Crippen LogP contribution in [0.2, 0.25) is 0 Å². The van der Waals surface area contributed by atoms with Crippen molar-refractivity contribution in [1.29, 1.82) is 0 Å². The molecule has 0 saturated heterocycles. The molecule has 6 aromatic carbocycles. The Labute approximate surface area is 206 Å². The van der Waals surface area contributed by atoms with E-state index in [1.165, 1.54) is 49.5 Å². The van der Waals surface area contributed by atoms with Crippen LogP contribution in [0.4, 0.5) is 17.1 Å². The summed E-state index contributed by atoms with van der Waals surface area (Å²) < 4.78 is 0. The molecule has 6 aromatic rings. The lowest BCUT2D eigenvalue weighted by molar-refractivity contribution is 1.27. The minimum Gasteiger partial charge on any atom is -0.310 e. The predicted molar refractivity (Wildman–Crippen MR) is 151 cm³/mol. The smallest absolute Gasteiger partial charge is 0.0546 e. The van der Waals surface area contributed by atoms with Gasteiger partial charge in [0.15, 0.2) is 0 Å². The molecule has 6 rings (SSSR count). The summed E-state index contributed by atoms with van der Waals surface area (Å²) in [7, 11) is 0. The molecule has 0 saturated carbocycles. The topological polar surface area (TPSA) is 3.24 Å². The van der Waals surface area contributed by atoms with Crippen LogP contribution in [0.1, 0.15) is 11.1 Å². The fourth-order valence-electron chi connectivity index (χ4n) is 5.06. The molecule has 1 nitrogen and oxygen atoms in total. The van der Waals surface area contributed by atoms with Crippen LogP contribution >= 0.6 is 0 Å². The number of fused-ring (bicyclic) bond motifs is 2. The fourth-order valence-corrected chi connectivity index (χ4v) is 5.06.